The predicted octanol–water partition coefficient (Wildman–Crippen LogP) is -0.179. The Kier molecular flexibility index (Phi) is 4.92. The molecule has 0 spiro atoms. The van der Waals surface area contributed by atoms with Crippen LogP contribution in [0.2, 0.25) is 0 Å². The van der Waals surface area contributed by atoms with Crippen LogP contribution in [0, 0.1) is 10.1 Å². The van der Waals surface area contributed by atoms with Crippen molar-refractivity contribution < 1.29 is 28.3 Å². The van der Waals surface area contributed by atoms with E-state index in [0.29, 0.717) is 0 Å². The molecule has 0 aliphatic carbocycles. The number of rotatable bonds is 5. The van der Waals surface area contributed by atoms with Crippen molar-refractivity contribution in [1.82, 2.24) is 0 Å². The van der Waals surface area contributed by atoms with Crippen LogP contribution in [0.1, 0.15) is 6.92 Å². The summed E-state index contributed by atoms with van der Waals surface area (Å²) in [6.07, 6.45) is -6.01. The summed E-state index contributed by atoms with van der Waals surface area (Å²) in [4.78, 5) is 19.6. The van der Waals surface area contributed by atoms with Crippen molar-refractivity contribution in [3.05, 3.63) is 10.1 Å². The Morgan fingerprint density at radius 3 is 2.43 bits per heavy atom. The SMILES string of the molecule is CCOC(=O)C(C(O)C(F)F)[N+](=O)[O-]. The fourth-order valence-corrected chi connectivity index (χ4v) is 0.716. The first-order chi connectivity index (χ1) is 6.41. The molecule has 2 atom stereocenters. The Morgan fingerprint density at radius 1 is 1.64 bits per heavy atom. The van der Waals surface area contributed by atoms with Gasteiger partial charge in [-0.05, 0) is 6.92 Å². The molecule has 0 heterocycles. The molecule has 6 nitrogen and oxygen atoms in total. The summed E-state index contributed by atoms with van der Waals surface area (Å²) < 4.78 is 27.9. The second kappa shape index (κ2) is 5.43. The summed E-state index contributed by atoms with van der Waals surface area (Å²) >= 11 is 0. The number of aliphatic hydroxyl groups is 1. The zero-order chi connectivity index (χ0) is 11.3. The smallest absolute Gasteiger partial charge is 0.384 e. The number of nitrogens with zero attached hydrogens (tertiary/aromatic N) is 1. The Hall–Kier alpha value is -1.31. The molecule has 0 radical (unpaired) electrons. The second-order valence-electron chi connectivity index (χ2n) is 2.31. The average molecular weight is 213 g/mol. The van der Waals surface area contributed by atoms with E-state index in [-0.39, 0.29) is 6.61 Å². The molecule has 0 saturated heterocycles. The quantitative estimate of drug-likeness (QED) is 0.388. The minimum Gasteiger partial charge on any atom is -0.461 e. The van der Waals surface area contributed by atoms with E-state index >= 15 is 0 Å². The Bertz CT molecular complexity index is 222. The lowest BCUT2D eigenvalue weighted by Crippen LogP contribution is -2.45. The lowest BCUT2D eigenvalue weighted by atomic mass is 10.2. The molecule has 0 bridgehead atoms. The summed E-state index contributed by atoms with van der Waals surface area (Å²) in [5.74, 6) is -1.47. The zero-order valence-corrected chi connectivity index (χ0v) is 7.22. The minimum atomic E-state index is -3.37. The van der Waals surface area contributed by atoms with Gasteiger partial charge in [0.1, 0.15) is 0 Å². The van der Waals surface area contributed by atoms with Crippen molar-refractivity contribution in [2.45, 2.75) is 25.5 Å². The summed E-state index contributed by atoms with van der Waals surface area (Å²) in [5, 5.41) is 18.8. The van der Waals surface area contributed by atoms with Crippen LogP contribution < -0.4 is 0 Å². The number of hydrogen-bond acceptors (Lipinski definition) is 5. The Morgan fingerprint density at radius 2 is 2.14 bits per heavy atom. The molecule has 2 unspecified atom stereocenters. The summed E-state index contributed by atoms with van der Waals surface area (Å²) in [6, 6.07) is -2.44. The highest BCUT2D eigenvalue weighted by Gasteiger charge is 2.44. The number of carbonyl (C=O) groups excluding carboxylic acids is 1. The number of halogens is 2. The second-order valence-corrected chi connectivity index (χ2v) is 2.31. The third kappa shape index (κ3) is 3.21. The van der Waals surface area contributed by atoms with E-state index in [0.717, 1.165) is 0 Å². The van der Waals surface area contributed by atoms with Gasteiger partial charge in [-0.3, -0.25) is 10.1 Å². The fourth-order valence-electron chi connectivity index (χ4n) is 0.716. The molecule has 0 fully saturated rings. The van der Waals surface area contributed by atoms with Crippen molar-refractivity contribution >= 4 is 5.97 Å². The summed E-state index contributed by atoms with van der Waals surface area (Å²) in [5.41, 5.74) is 0. The van der Waals surface area contributed by atoms with Gasteiger partial charge >= 0.3 is 12.0 Å². The highest BCUT2D eigenvalue weighted by atomic mass is 19.3. The van der Waals surface area contributed by atoms with Gasteiger partial charge in [0.25, 0.3) is 6.43 Å². The lowest BCUT2D eigenvalue weighted by Gasteiger charge is -2.13. The topological polar surface area (TPSA) is 89.7 Å². The molecule has 14 heavy (non-hydrogen) atoms. The molecular weight excluding hydrogens is 204 g/mol. The van der Waals surface area contributed by atoms with Crippen LogP contribution in [-0.2, 0) is 9.53 Å². The van der Waals surface area contributed by atoms with E-state index in [2.05, 4.69) is 4.74 Å². The predicted molar refractivity (Wildman–Crippen MR) is 39.4 cm³/mol. The molecule has 82 valence electrons. The molecule has 0 amide bonds. The third-order valence-corrected chi connectivity index (χ3v) is 1.34. The number of ether oxygens (including phenoxy) is 1. The first-order valence-electron chi connectivity index (χ1n) is 3.68. The van der Waals surface area contributed by atoms with Crippen LogP contribution in [-0.4, -0.2) is 41.2 Å². The average Bonchev–Trinajstić information content (AvgIpc) is 2.03. The number of esters is 1. The van der Waals surface area contributed by atoms with E-state index < -0.39 is 29.5 Å². The molecular formula is C6H9F2NO5. The van der Waals surface area contributed by atoms with E-state index in [1.165, 1.54) is 6.92 Å². The van der Waals surface area contributed by atoms with Gasteiger partial charge in [0.05, 0.1) is 6.61 Å². The molecule has 0 aromatic carbocycles. The van der Waals surface area contributed by atoms with Gasteiger partial charge in [-0.25, -0.2) is 13.6 Å². The largest absolute Gasteiger partial charge is 0.461 e. The lowest BCUT2D eigenvalue weighted by molar-refractivity contribution is -0.525. The van der Waals surface area contributed by atoms with Crippen molar-refractivity contribution in [3.63, 3.8) is 0 Å². The number of alkyl halides is 2. The molecule has 8 heteroatoms. The standard InChI is InChI=1S/C6H9F2NO5/c1-2-14-6(11)3(9(12)13)4(10)5(7)8/h3-5,10H,2H2,1H3. The number of nitro groups is 1. The van der Waals surface area contributed by atoms with Gasteiger partial charge in [-0.1, -0.05) is 0 Å². The Balaban J connectivity index is 4.59. The third-order valence-electron chi connectivity index (χ3n) is 1.34. The molecule has 0 aliphatic heterocycles. The van der Waals surface area contributed by atoms with Crippen LogP contribution >= 0.6 is 0 Å². The minimum absolute atomic E-state index is 0.181. The molecule has 0 rings (SSSR count). The van der Waals surface area contributed by atoms with Crippen LogP contribution in [0.25, 0.3) is 0 Å². The van der Waals surface area contributed by atoms with E-state index in [4.69, 9.17) is 5.11 Å². The van der Waals surface area contributed by atoms with Crippen LogP contribution in [0.4, 0.5) is 8.78 Å². The summed E-state index contributed by atoms with van der Waals surface area (Å²) in [6.45, 7) is 1.18. The van der Waals surface area contributed by atoms with Crippen molar-refractivity contribution in [3.8, 4) is 0 Å². The van der Waals surface area contributed by atoms with E-state index in [1.54, 1.807) is 0 Å². The Labute approximate surface area is 77.6 Å². The summed E-state index contributed by atoms with van der Waals surface area (Å²) in [7, 11) is 0. The first kappa shape index (κ1) is 12.7. The van der Waals surface area contributed by atoms with E-state index in [1.807, 2.05) is 0 Å². The van der Waals surface area contributed by atoms with Gasteiger partial charge in [0, 0.05) is 4.92 Å². The first-order valence-corrected chi connectivity index (χ1v) is 3.68. The maximum Gasteiger partial charge on any atom is 0.384 e. The van der Waals surface area contributed by atoms with Crippen molar-refractivity contribution in [1.29, 1.82) is 0 Å². The van der Waals surface area contributed by atoms with Crippen LogP contribution in [0.5, 0.6) is 0 Å². The van der Waals surface area contributed by atoms with Crippen molar-refractivity contribution in [2.75, 3.05) is 6.61 Å². The number of carbonyl (C=O) groups is 1. The number of hydrogen-bond donors (Lipinski definition) is 1. The van der Waals surface area contributed by atoms with Crippen molar-refractivity contribution in [2.24, 2.45) is 0 Å². The maximum absolute atomic E-state index is 11.9. The molecule has 0 aromatic rings. The monoisotopic (exact) mass is 213 g/mol. The molecule has 0 saturated carbocycles. The highest BCUT2D eigenvalue weighted by Crippen LogP contribution is 2.10. The van der Waals surface area contributed by atoms with E-state index in [9.17, 15) is 23.7 Å². The van der Waals surface area contributed by atoms with Gasteiger partial charge in [-0.2, -0.15) is 0 Å². The van der Waals surface area contributed by atoms with Gasteiger partial charge in [0.2, 0.25) is 0 Å². The molecule has 0 aromatic heterocycles. The zero-order valence-electron chi connectivity index (χ0n) is 7.22. The normalized spacial score (nSPS) is 14.9. The van der Waals surface area contributed by atoms with Gasteiger partial charge in [0.15, 0.2) is 6.10 Å². The van der Waals surface area contributed by atoms with Crippen LogP contribution in [0.15, 0.2) is 0 Å². The molecule has 1 N–H and O–H groups in total. The highest BCUT2D eigenvalue weighted by molar-refractivity contribution is 5.75. The van der Waals surface area contributed by atoms with Gasteiger partial charge in [-0.15, -0.1) is 0 Å². The van der Waals surface area contributed by atoms with Gasteiger partial charge < -0.3 is 9.84 Å². The fraction of sp³-hybridized carbons (Fsp3) is 0.833. The maximum atomic E-state index is 11.9. The number of aliphatic hydroxyl groups excluding tert-OH is 1. The molecule has 0 aliphatic rings. The van der Waals surface area contributed by atoms with Crippen LogP contribution in [0.3, 0.4) is 0 Å².